The molecule has 0 aromatic carbocycles. The molecule has 5 heterocycles. The van der Waals surface area contributed by atoms with Gasteiger partial charge in [0.05, 0.1) is 63.4 Å². The van der Waals surface area contributed by atoms with Crippen LogP contribution in [0.25, 0.3) is 0 Å². The molecule has 9 fully saturated rings. The lowest BCUT2D eigenvalue weighted by Gasteiger charge is -2.72. The molecular formula is C58H96O27. The van der Waals surface area contributed by atoms with Crippen molar-refractivity contribution in [2.45, 2.75) is 259 Å². The van der Waals surface area contributed by atoms with Crippen molar-refractivity contribution in [1.29, 1.82) is 0 Å². The molecule has 0 aromatic heterocycles. The number of allylic oxidation sites excluding steroid dienone is 2. The minimum absolute atomic E-state index is 0.0115. The highest BCUT2D eigenvalue weighted by atomic mass is 16.8. The molecule has 17 N–H and O–H groups in total. The normalized spacial score (nSPS) is 55.1. The minimum Gasteiger partial charge on any atom is -0.396 e. The van der Waals surface area contributed by atoms with Crippen molar-refractivity contribution in [3.05, 3.63) is 11.6 Å². The van der Waals surface area contributed by atoms with E-state index in [4.69, 9.17) is 47.4 Å². The maximum Gasteiger partial charge on any atom is 0.187 e. The molecule has 0 spiro atoms. The average molecular weight is 1230 g/mol. The molecule has 0 bridgehead atoms. The van der Waals surface area contributed by atoms with Crippen LogP contribution in [0.5, 0.6) is 0 Å². The summed E-state index contributed by atoms with van der Waals surface area (Å²) >= 11 is 0. The number of aliphatic hydroxyl groups is 17. The topological polar surface area (TPSA) is 436 Å². The zero-order valence-corrected chi connectivity index (χ0v) is 49.4. The molecular weight excluding hydrogens is 1130 g/mol. The predicted molar refractivity (Wildman–Crippen MR) is 286 cm³/mol. The van der Waals surface area contributed by atoms with Gasteiger partial charge < -0.3 is 134 Å². The number of rotatable bonds is 14. The first-order chi connectivity index (χ1) is 39.9. The van der Waals surface area contributed by atoms with E-state index in [-0.39, 0.29) is 35.0 Å². The third-order valence-electron chi connectivity index (χ3n) is 22.9. The summed E-state index contributed by atoms with van der Waals surface area (Å²) in [5.41, 5.74) is -2.41. The van der Waals surface area contributed by atoms with Crippen LogP contribution in [-0.2, 0) is 47.4 Å². The Bertz CT molecular complexity index is 2310. The molecule has 27 nitrogen and oxygen atoms in total. The standard InChI is InChI=1S/C58H96O27/c1-53(2)14-24-23-8-9-31-55(5)12-11-33(54(3,4)30(55)10-13-56(31,6)57(23,7)15-32(64)58(24,22-62)34(16-53)83-49-44(74)40(70)36(66)26(17-59)78-49)82-51-46(85-50-45(75)41(71)37(67)27(18-60)79-50)39(69)29(21-77-51)81-52-47(42(72)38(68)28(19-61)80-52)84-48-43(73)35(65)25(63)20-76-48/h8,24-52,59-75H,9-22H2,1-7H3/t24-,25+,26+,27+,28+,29-,30-,31+,32+,33-,34-,35-,36+,37+,38+,39-,40-,41-,42-,43+,44+,45+,46+,47+,48-,49-,50-,51-,52-,55-,56+,57+,58-/m0/s1. The summed E-state index contributed by atoms with van der Waals surface area (Å²) in [7, 11) is 0. The Labute approximate surface area is 493 Å². The van der Waals surface area contributed by atoms with E-state index in [1.54, 1.807) is 0 Å². The lowest BCUT2D eigenvalue weighted by atomic mass is 9.33. The van der Waals surface area contributed by atoms with Crippen LogP contribution in [0.4, 0.5) is 0 Å². The Morgan fingerprint density at radius 1 is 0.482 bits per heavy atom. The van der Waals surface area contributed by atoms with E-state index in [9.17, 15) is 86.8 Å². The molecule has 5 saturated heterocycles. The van der Waals surface area contributed by atoms with Gasteiger partial charge in [-0.15, -0.1) is 0 Å². The Morgan fingerprint density at radius 2 is 1.01 bits per heavy atom. The summed E-state index contributed by atoms with van der Waals surface area (Å²) in [5, 5.41) is 186. The lowest BCUT2D eigenvalue weighted by molar-refractivity contribution is -0.392. The predicted octanol–water partition coefficient (Wildman–Crippen LogP) is -4.52. The van der Waals surface area contributed by atoms with Gasteiger partial charge in [-0.2, -0.15) is 0 Å². The monoisotopic (exact) mass is 1220 g/mol. The summed E-state index contributed by atoms with van der Waals surface area (Å²) in [5.74, 6) is -0.283. The number of aliphatic hydroxyl groups excluding tert-OH is 17. The summed E-state index contributed by atoms with van der Waals surface area (Å²) < 4.78 is 61.2. The van der Waals surface area contributed by atoms with Crippen LogP contribution in [0.15, 0.2) is 11.6 Å². The molecule has 10 aliphatic rings. The highest BCUT2D eigenvalue weighted by molar-refractivity contribution is 5.36. The second-order valence-corrected chi connectivity index (χ2v) is 28.4. The molecule has 4 saturated carbocycles. The molecule has 0 aromatic rings. The van der Waals surface area contributed by atoms with Gasteiger partial charge in [-0.25, -0.2) is 0 Å². The molecule has 0 radical (unpaired) electrons. The summed E-state index contributed by atoms with van der Waals surface area (Å²) in [6.07, 6.45) is -33.9. The van der Waals surface area contributed by atoms with E-state index in [1.807, 2.05) is 0 Å². The van der Waals surface area contributed by atoms with Crippen molar-refractivity contribution in [3.63, 3.8) is 0 Å². The van der Waals surface area contributed by atoms with Gasteiger partial charge in [-0.1, -0.05) is 60.1 Å². The van der Waals surface area contributed by atoms with Crippen molar-refractivity contribution < 1.29 is 134 Å². The molecule has 10 rings (SSSR count). The summed E-state index contributed by atoms with van der Waals surface area (Å²) in [6, 6.07) is 0. The number of ether oxygens (including phenoxy) is 10. The second kappa shape index (κ2) is 24.6. The molecule has 85 heavy (non-hydrogen) atoms. The second-order valence-electron chi connectivity index (χ2n) is 28.4. The fourth-order valence-electron chi connectivity index (χ4n) is 17.8. The first-order valence-electron chi connectivity index (χ1n) is 30.3. The molecule has 0 amide bonds. The van der Waals surface area contributed by atoms with E-state index >= 15 is 0 Å². The number of fused-ring (bicyclic) bond motifs is 7. The number of hydrogen-bond acceptors (Lipinski definition) is 27. The Balaban J connectivity index is 0.903. The van der Waals surface area contributed by atoms with Crippen LogP contribution in [-0.4, -0.2) is 286 Å². The zero-order chi connectivity index (χ0) is 62.0. The van der Waals surface area contributed by atoms with Gasteiger partial charge in [0.2, 0.25) is 0 Å². The fourth-order valence-corrected chi connectivity index (χ4v) is 17.8. The first-order valence-corrected chi connectivity index (χ1v) is 30.3. The molecule has 27 heteroatoms. The molecule has 33 atom stereocenters. The SMILES string of the molecule is CC1(C)C[C@H](O[C@@H]2O[C@H](CO)[C@@H](O)[C@H](O)[C@H]2O)[C@]2(CO)[C@H](O)C[C@]3(C)C(=CC[C@@H]4[C@@]5(C)CC[C@H](O[C@@H]6OC[C@H](O[C@@H]7O[C@H](CO)[C@@H](O)[C@H](O)[C@H]7O[C@@H]7OC[C@@H](O)[C@H](O)[C@H]7O)[C@H](O)[C@H]6O[C@@H]6O[C@H](CO)[C@@H](O)[C@H](O)[C@H]6O)C(C)(C)[C@@H]5CC[C@]43C)[C@@H]2C1. The highest BCUT2D eigenvalue weighted by Gasteiger charge is 2.72. The lowest BCUT2D eigenvalue weighted by Crippen LogP contribution is -2.70. The maximum atomic E-state index is 12.8. The minimum atomic E-state index is -1.93. The van der Waals surface area contributed by atoms with Gasteiger partial charge in [-0.05, 0) is 96.2 Å². The first kappa shape index (κ1) is 66.6. The van der Waals surface area contributed by atoms with Crippen LogP contribution >= 0.6 is 0 Å². The van der Waals surface area contributed by atoms with Crippen LogP contribution in [0.3, 0.4) is 0 Å². The fraction of sp³-hybridized carbons (Fsp3) is 0.966. The van der Waals surface area contributed by atoms with Crippen molar-refractivity contribution in [1.82, 2.24) is 0 Å². The van der Waals surface area contributed by atoms with E-state index in [0.717, 1.165) is 18.4 Å². The zero-order valence-electron chi connectivity index (χ0n) is 49.4. The van der Waals surface area contributed by atoms with Crippen molar-refractivity contribution in [3.8, 4) is 0 Å². The largest absolute Gasteiger partial charge is 0.396 e. The van der Waals surface area contributed by atoms with Gasteiger partial charge in [0.25, 0.3) is 0 Å². The van der Waals surface area contributed by atoms with E-state index in [0.29, 0.717) is 32.1 Å². The van der Waals surface area contributed by atoms with Gasteiger partial charge in [-0.3, -0.25) is 0 Å². The van der Waals surface area contributed by atoms with Gasteiger partial charge in [0, 0.05) is 0 Å². The summed E-state index contributed by atoms with van der Waals surface area (Å²) in [4.78, 5) is 0. The Kier molecular flexibility index (Phi) is 19.3. The smallest absolute Gasteiger partial charge is 0.187 e. The van der Waals surface area contributed by atoms with Gasteiger partial charge in [0.15, 0.2) is 31.5 Å². The average Bonchev–Trinajstić information content (AvgIpc) is 0.684. The third-order valence-corrected chi connectivity index (χ3v) is 22.9. The molecule has 5 aliphatic heterocycles. The van der Waals surface area contributed by atoms with E-state index in [1.165, 1.54) is 0 Å². The van der Waals surface area contributed by atoms with Gasteiger partial charge >= 0.3 is 0 Å². The van der Waals surface area contributed by atoms with E-state index < -0.39 is 221 Å². The van der Waals surface area contributed by atoms with Crippen LogP contribution in [0.1, 0.15) is 99.8 Å². The Morgan fingerprint density at radius 3 is 1.61 bits per heavy atom. The summed E-state index contributed by atoms with van der Waals surface area (Å²) in [6.45, 7) is 11.7. The van der Waals surface area contributed by atoms with Crippen molar-refractivity contribution in [2.24, 2.45) is 50.2 Å². The van der Waals surface area contributed by atoms with Crippen LogP contribution < -0.4 is 0 Å². The van der Waals surface area contributed by atoms with Crippen molar-refractivity contribution >= 4 is 0 Å². The molecule has 490 valence electrons. The quantitative estimate of drug-likeness (QED) is 0.0576. The van der Waals surface area contributed by atoms with Gasteiger partial charge in [0.1, 0.15) is 110 Å². The molecule has 0 unspecified atom stereocenters. The third kappa shape index (κ3) is 11.0. The Hall–Kier alpha value is -1.34. The number of hydrogen-bond donors (Lipinski definition) is 17. The van der Waals surface area contributed by atoms with Crippen LogP contribution in [0.2, 0.25) is 0 Å². The van der Waals surface area contributed by atoms with Crippen LogP contribution in [0, 0.1) is 50.2 Å². The molecule has 5 aliphatic carbocycles. The highest BCUT2D eigenvalue weighted by Crippen LogP contribution is 2.76. The maximum absolute atomic E-state index is 12.8. The van der Waals surface area contributed by atoms with E-state index in [2.05, 4.69) is 54.5 Å². The van der Waals surface area contributed by atoms with Crippen molar-refractivity contribution in [2.75, 3.05) is 39.6 Å².